The minimum atomic E-state index is 0.610. The minimum absolute atomic E-state index is 0.610. The molecule has 0 unspecified atom stereocenters. The van der Waals surface area contributed by atoms with Crippen LogP contribution in [0.15, 0.2) is 192 Å². The van der Waals surface area contributed by atoms with Gasteiger partial charge in [0.1, 0.15) is 5.52 Å². The van der Waals surface area contributed by atoms with Crippen LogP contribution < -0.4 is 4.90 Å². The Bertz CT molecular complexity index is 2850. The summed E-state index contributed by atoms with van der Waals surface area (Å²) in [6.07, 6.45) is 0. The molecule has 10 aromatic rings. The predicted molar refractivity (Wildman–Crippen MR) is 211 cm³/mol. The van der Waals surface area contributed by atoms with Gasteiger partial charge in [0.25, 0.3) is 0 Å². The molecule has 0 amide bonds. The third-order valence-corrected chi connectivity index (χ3v) is 9.80. The van der Waals surface area contributed by atoms with Crippen molar-refractivity contribution in [2.24, 2.45) is 0 Å². The molecule has 0 bridgehead atoms. The molecule has 2 aromatic heterocycles. The van der Waals surface area contributed by atoms with E-state index in [4.69, 9.17) is 9.40 Å². The van der Waals surface area contributed by atoms with Crippen LogP contribution in [0.3, 0.4) is 0 Å². The number of fused-ring (bicyclic) bond motifs is 6. The van der Waals surface area contributed by atoms with Crippen LogP contribution >= 0.6 is 0 Å². The lowest BCUT2D eigenvalue weighted by Crippen LogP contribution is -2.12. The summed E-state index contributed by atoms with van der Waals surface area (Å²) in [4.78, 5) is 7.35. The summed E-state index contributed by atoms with van der Waals surface area (Å²) >= 11 is 0. The van der Waals surface area contributed by atoms with Gasteiger partial charge in [-0.3, -0.25) is 0 Å². The van der Waals surface area contributed by atoms with E-state index in [1.165, 1.54) is 16.3 Å². The van der Waals surface area contributed by atoms with E-state index in [1.54, 1.807) is 0 Å². The molecule has 2 heterocycles. The second kappa shape index (κ2) is 11.9. The Kier molecular flexibility index (Phi) is 6.78. The van der Waals surface area contributed by atoms with Crippen molar-refractivity contribution in [1.29, 1.82) is 0 Å². The van der Waals surface area contributed by atoms with E-state index < -0.39 is 0 Å². The Labute approximate surface area is 295 Å². The van der Waals surface area contributed by atoms with Crippen molar-refractivity contribution in [3.05, 3.63) is 188 Å². The monoisotopic (exact) mass is 653 g/mol. The molecule has 4 heteroatoms. The first-order valence-corrected chi connectivity index (χ1v) is 17.2. The third kappa shape index (κ3) is 4.80. The highest BCUT2D eigenvalue weighted by molar-refractivity contribution is 6.14. The summed E-state index contributed by atoms with van der Waals surface area (Å²) in [7, 11) is 0. The summed E-state index contributed by atoms with van der Waals surface area (Å²) in [5.41, 5.74) is 11.4. The molecule has 0 fully saturated rings. The van der Waals surface area contributed by atoms with Crippen LogP contribution in [0.5, 0.6) is 0 Å². The molecule has 0 aliphatic carbocycles. The normalized spacial score (nSPS) is 11.5. The zero-order chi connectivity index (χ0) is 33.7. The predicted octanol–water partition coefficient (Wildman–Crippen LogP) is 12.9. The zero-order valence-corrected chi connectivity index (χ0v) is 27.6. The van der Waals surface area contributed by atoms with E-state index in [1.807, 2.05) is 30.3 Å². The van der Waals surface area contributed by atoms with Gasteiger partial charge in [0.15, 0.2) is 5.58 Å². The number of aromatic nitrogens is 2. The minimum Gasteiger partial charge on any atom is -0.435 e. The SMILES string of the molecule is c1ccc(-c2nc3ccc4cccc(N(c5ccc6c(c5)c5ccccc5n6-c5ccccc5)c5ccccc5-c5ccccc5)c4c3o2)cc1. The molecule has 51 heavy (non-hydrogen) atoms. The average molecular weight is 654 g/mol. The van der Waals surface area contributed by atoms with Crippen molar-refractivity contribution in [3.8, 4) is 28.3 Å². The maximum Gasteiger partial charge on any atom is 0.227 e. The van der Waals surface area contributed by atoms with E-state index in [9.17, 15) is 0 Å². The van der Waals surface area contributed by atoms with Crippen LogP contribution in [-0.2, 0) is 0 Å². The molecule has 10 rings (SSSR count). The molecule has 0 aliphatic rings. The standard InChI is InChI=1S/C47H31N3O/c1-4-15-32(16-5-1)37-22-10-12-24-41(37)50(36-28-30-43-39(31-36)38-23-11-13-25-42(38)49(43)35-20-8-3-9-21-35)44-26-14-19-33-27-29-40-46(45(33)44)51-47(48-40)34-17-6-2-7-18-34/h1-31H. The van der Waals surface area contributed by atoms with E-state index >= 15 is 0 Å². The molecule has 0 radical (unpaired) electrons. The number of hydrogen-bond acceptors (Lipinski definition) is 3. The number of nitrogens with zero attached hydrogens (tertiary/aromatic N) is 3. The highest BCUT2D eigenvalue weighted by Gasteiger charge is 2.23. The number of benzene rings is 8. The van der Waals surface area contributed by atoms with Crippen molar-refractivity contribution in [2.45, 2.75) is 0 Å². The van der Waals surface area contributed by atoms with Gasteiger partial charge in [-0.15, -0.1) is 0 Å². The van der Waals surface area contributed by atoms with Crippen LogP contribution in [-0.4, -0.2) is 9.55 Å². The van der Waals surface area contributed by atoms with Crippen molar-refractivity contribution in [3.63, 3.8) is 0 Å². The van der Waals surface area contributed by atoms with Gasteiger partial charge >= 0.3 is 0 Å². The van der Waals surface area contributed by atoms with Gasteiger partial charge in [-0.25, -0.2) is 4.98 Å². The number of para-hydroxylation sites is 3. The Balaban J connectivity index is 1.28. The molecule has 0 spiro atoms. The highest BCUT2D eigenvalue weighted by Crippen LogP contribution is 2.47. The van der Waals surface area contributed by atoms with Gasteiger partial charge in [-0.05, 0) is 77.7 Å². The summed E-state index contributed by atoms with van der Waals surface area (Å²) in [6, 6.07) is 66.2. The molecule has 240 valence electrons. The quantitative estimate of drug-likeness (QED) is 0.179. The lowest BCUT2D eigenvalue weighted by Gasteiger charge is -2.29. The van der Waals surface area contributed by atoms with Crippen LogP contribution in [0.4, 0.5) is 17.1 Å². The van der Waals surface area contributed by atoms with Gasteiger partial charge in [-0.1, -0.05) is 121 Å². The number of hydrogen-bond donors (Lipinski definition) is 0. The van der Waals surface area contributed by atoms with Crippen molar-refractivity contribution in [2.75, 3.05) is 4.90 Å². The van der Waals surface area contributed by atoms with Crippen LogP contribution in [0.2, 0.25) is 0 Å². The lowest BCUT2D eigenvalue weighted by molar-refractivity contribution is 0.623. The van der Waals surface area contributed by atoms with E-state index in [-0.39, 0.29) is 0 Å². The first-order valence-electron chi connectivity index (χ1n) is 17.2. The Morgan fingerprint density at radius 2 is 1.16 bits per heavy atom. The van der Waals surface area contributed by atoms with Gasteiger partial charge in [0, 0.05) is 33.3 Å². The summed E-state index contributed by atoms with van der Waals surface area (Å²) in [5.74, 6) is 0.610. The third-order valence-electron chi connectivity index (χ3n) is 9.80. The largest absolute Gasteiger partial charge is 0.435 e. The van der Waals surface area contributed by atoms with Crippen LogP contribution in [0.25, 0.3) is 71.9 Å². The summed E-state index contributed by atoms with van der Waals surface area (Å²) in [5, 5.41) is 4.49. The molecule has 0 saturated heterocycles. The zero-order valence-electron chi connectivity index (χ0n) is 27.6. The van der Waals surface area contributed by atoms with Crippen LogP contribution in [0.1, 0.15) is 0 Å². The molecule has 8 aromatic carbocycles. The first-order chi connectivity index (χ1) is 25.3. The van der Waals surface area contributed by atoms with Crippen molar-refractivity contribution in [1.82, 2.24) is 9.55 Å². The Hall–Kier alpha value is -6.91. The summed E-state index contributed by atoms with van der Waals surface area (Å²) < 4.78 is 9.04. The molecular weight excluding hydrogens is 623 g/mol. The number of rotatable bonds is 6. The average Bonchev–Trinajstić information content (AvgIpc) is 3.79. The Morgan fingerprint density at radius 3 is 1.98 bits per heavy atom. The number of anilines is 3. The second-order valence-electron chi connectivity index (χ2n) is 12.8. The first kappa shape index (κ1) is 29.0. The van der Waals surface area contributed by atoms with Crippen molar-refractivity contribution >= 4 is 60.7 Å². The molecular formula is C47H31N3O. The van der Waals surface area contributed by atoms with Gasteiger partial charge in [-0.2, -0.15) is 0 Å². The fourth-order valence-corrected chi connectivity index (χ4v) is 7.52. The highest BCUT2D eigenvalue weighted by atomic mass is 16.3. The smallest absolute Gasteiger partial charge is 0.227 e. The molecule has 0 aliphatic heterocycles. The molecule has 4 nitrogen and oxygen atoms in total. The van der Waals surface area contributed by atoms with E-state index in [0.29, 0.717) is 5.89 Å². The molecule has 0 atom stereocenters. The molecule has 0 saturated carbocycles. The fourth-order valence-electron chi connectivity index (χ4n) is 7.52. The number of oxazole rings is 1. The topological polar surface area (TPSA) is 34.2 Å². The lowest BCUT2D eigenvalue weighted by atomic mass is 10.00. The maximum atomic E-state index is 6.68. The Morgan fingerprint density at radius 1 is 0.490 bits per heavy atom. The van der Waals surface area contributed by atoms with E-state index in [0.717, 1.165) is 66.8 Å². The van der Waals surface area contributed by atoms with Gasteiger partial charge in [0.2, 0.25) is 5.89 Å². The second-order valence-corrected chi connectivity index (χ2v) is 12.8. The van der Waals surface area contributed by atoms with E-state index in [2.05, 4.69) is 167 Å². The molecule has 0 N–H and O–H groups in total. The fraction of sp³-hybridized carbons (Fsp3) is 0. The van der Waals surface area contributed by atoms with Gasteiger partial charge < -0.3 is 13.9 Å². The maximum absolute atomic E-state index is 6.68. The summed E-state index contributed by atoms with van der Waals surface area (Å²) in [6.45, 7) is 0. The van der Waals surface area contributed by atoms with Crippen molar-refractivity contribution < 1.29 is 4.42 Å². The van der Waals surface area contributed by atoms with Crippen LogP contribution in [0, 0.1) is 0 Å². The van der Waals surface area contributed by atoms with Gasteiger partial charge in [0.05, 0.1) is 27.8 Å².